The van der Waals surface area contributed by atoms with Crippen LogP contribution in [-0.4, -0.2) is 30.1 Å². The number of methoxy groups -OCH3 is 2. The summed E-state index contributed by atoms with van der Waals surface area (Å²) in [6.45, 7) is 0. The van der Waals surface area contributed by atoms with E-state index in [2.05, 4.69) is 9.72 Å². The summed E-state index contributed by atoms with van der Waals surface area (Å²) in [5.74, 6) is -0.846. The molecule has 0 radical (unpaired) electrons. The molecule has 1 rings (SSSR count). The monoisotopic (exact) mass is 276 g/mol. The van der Waals surface area contributed by atoms with Crippen LogP contribution >= 0.6 is 0 Å². The Labute approximate surface area is 106 Å². The number of pyridine rings is 1. The van der Waals surface area contributed by atoms with Crippen LogP contribution in [-0.2, 0) is 16.0 Å². The molecule has 9 heteroatoms. The van der Waals surface area contributed by atoms with Gasteiger partial charge in [0.2, 0.25) is 0 Å². The molecule has 0 bridgehead atoms. The highest BCUT2D eigenvalue weighted by molar-refractivity contribution is 5.73. The highest BCUT2D eigenvalue weighted by Crippen LogP contribution is 2.32. The number of carbonyl (C=O) groups is 1. The highest BCUT2D eigenvalue weighted by atomic mass is 19.3. The lowest BCUT2D eigenvalue weighted by Gasteiger charge is -2.09. The zero-order valence-corrected chi connectivity index (χ0v) is 10.1. The zero-order valence-electron chi connectivity index (χ0n) is 10.1. The first-order valence-corrected chi connectivity index (χ1v) is 4.97. The van der Waals surface area contributed by atoms with Gasteiger partial charge in [-0.2, -0.15) is 0 Å². The van der Waals surface area contributed by atoms with Crippen LogP contribution in [0.25, 0.3) is 0 Å². The van der Waals surface area contributed by atoms with Gasteiger partial charge in [-0.3, -0.25) is 14.9 Å². The molecule has 0 aliphatic heterocycles. The zero-order chi connectivity index (χ0) is 14.6. The second-order valence-electron chi connectivity index (χ2n) is 3.35. The molecule has 0 aliphatic rings. The van der Waals surface area contributed by atoms with Gasteiger partial charge in [-0.1, -0.05) is 0 Å². The normalized spacial score (nSPS) is 10.4. The summed E-state index contributed by atoms with van der Waals surface area (Å²) < 4.78 is 34.6. The lowest BCUT2D eigenvalue weighted by molar-refractivity contribution is -0.386. The summed E-state index contributed by atoms with van der Waals surface area (Å²) in [6, 6.07) is 0.812. The van der Waals surface area contributed by atoms with Crippen molar-refractivity contribution in [2.75, 3.05) is 14.2 Å². The molecule has 104 valence electrons. The van der Waals surface area contributed by atoms with Crippen molar-refractivity contribution in [3.05, 3.63) is 27.6 Å². The molecule has 1 aromatic rings. The largest absolute Gasteiger partial charge is 0.495 e. The summed E-state index contributed by atoms with van der Waals surface area (Å²) >= 11 is 0. The van der Waals surface area contributed by atoms with Gasteiger partial charge in [0, 0.05) is 0 Å². The average Bonchev–Trinajstić information content (AvgIpc) is 2.37. The maximum Gasteiger partial charge on any atom is 0.311 e. The van der Waals surface area contributed by atoms with Gasteiger partial charge in [-0.15, -0.1) is 0 Å². The Morgan fingerprint density at radius 1 is 1.53 bits per heavy atom. The Morgan fingerprint density at radius 3 is 2.58 bits per heavy atom. The lowest BCUT2D eigenvalue weighted by Crippen LogP contribution is -2.10. The van der Waals surface area contributed by atoms with Gasteiger partial charge in [0.05, 0.1) is 37.3 Å². The first-order valence-electron chi connectivity index (χ1n) is 4.97. The van der Waals surface area contributed by atoms with Crippen molar-refractivity contribution in [1.29, 1.82) is 0 Å². The van der Waals surface area contributed by atoms with Crippen LogP contribution in [0.15, 0.2) is 6.07 Å². The van der Waals surface area contributed by atoms with E-state index in [9.17, 15) is 23.7 Å². The van der Waals surface area contributed by atoms with Crippen LogP contribution < -0.4 is 4.74 Å². The number of nitro groups is 1. The molecule has 1 aromatic heterocycles. The Bertz CT molecular complexity index is 507. The Morgan fingerprint density at radius 2 is 2.16 bits per heavy atom. The Kier molecular flexibility index (Phi) is 4.67. The average molecular weight is 276 g/mol. The third-order valence-corrected chi connectivity index (χ3v) is 2.23. The third kappa shape index (κ3) is 3.33. The van der Waals surface area contributed by atoms with E-state index in [1.807, 2.05) is 0 Å². The summed E-state index contributed by atoms with van der Waals surface area (Å²) in [5.41, 5.74) is -2.01. The number of alkyl halides is 2. The second-order valence-corrected chi connectivity index (χ2v) is 3.35. The van der Waals surface area contributed by atoms with Gasteiger partial charge in [-0.25, -0.2) is 13.8 Å². The molecule has 0 amide bonds. The van der Waals surface area contributed by atoms with E-state index in [0.29, 0.717) is 0 Å². The first kappa shape index (κ1) is 14.7. The van der Waals surface area contributed by atoms with Gasteiger partial charge in [0.25, 0.3) is 12.1 Å². The number of carbonyl (C=O) groups excluding carboxylic acids is 1. The molecule has 1 heterocycles. The van der Waals surface area contributed by atoms with Crippen molar-refractivity contribution in [3.8, 4) is 5.75 Å². The number of nitrogens with zero attached hydrogens (tertiary/aromatic N) is 2. The molecular formula is C10H10F2N2O5. The number of hydrogen-bond acceptors (Lipinski definition) is 6. The van der Waals surface area contributed by atoms with E-state index in [1.165, 1.54) is 7.11 Å². The van der Waals surface area contributed by atoms with Crippen LogP contribution in [0.5, 0.6) is 5.75 Å². The number of hydrogen-bond donors (Lipinski definition) is 0. The van der Waals surface area contributed by atoms with Crippen LogP contribution in [0.2, 0.25) is 0 Å². The molecule has 19 heavy (non-hydrogen) atoms. The van der Waals surface area contributed by atoms with Gasteiger partial charge >= 0.3 is 5.97 Å². The van der Waals surface area contributed by atoms with Gasteiger partial charge < -0.3 is 9.47 Å². The van der Waals surface area contributed by atoms with Crippen LogP contribution in [0.1, 0.15) is 17.8 Å². The molecule has 0 saturated heterocycles. The van der Waals surface area contributed by atoms with E-state index in [1.54, 1.807) is 0 Å². The van der Waals surface area contributed by atoms with Crippen molar-refractivity contribution in [3.63, 3.8) is 0 Å². The number of rotatable bonds is 5. The van der Waals surface area contributed by atoms with E-state index in [4.69, 9.17) is 4.74 Å². The van der Waals surface area contributed by atoms with E-state index < -0.39 is 35.1 Å². The van der Waals surface area contributed by atoms with E-state index in [-0.39, 0.29) is 11.4 Å². The minimum absolute atomic E-state index is 0.124. The molecule has 0 aliphatic carbocycles. The molecule has 7 nitrogen and oxygen atoms in total. The predicted molar refractivity (Wildman–Crippen MR) is 58.1 cm³/mol. The number of aromatic nitrogens is 1. The third-order valence-electron chi connectivity index (χ3n) is 2.23. The maximum absolute atomic E-state index is 12.7. The number of esters is 1. The molecular weight excluding hydrogens is 266 g/mol. The maximum atomic E-state index is 12.7. The van der Waals surface area contributed by atoms with Crippen LogP contribution in [0.4, 0.5) is 14.5 Å². The Hall–Kier alpha value is -2.32. The molecule has 0 saturated carbocycles. The first-order chi connectivity index (χ1) is 8.90. The topological polar surface area (TPSA) is 91.6 Å². The predicted octanol–water partition coefficient (Wildman–Crippen LogP) is 1.65. The van der Waals surface area contributed by atoms with Gasteiger partial charge in [0.1, 0.15) is 5.75 Å². The summed E-state index contributed by atoms with van der Waals surface area (Å²) in [6.07, 6.45) is -3.56. The molecule has 0 aromatic carbocycles. The fourth-order valence-electron chi connectivity index (χ4n) is 1.36. The molecule has 0 fully saturated rings. The summed E-state index contributed by atoms with van der Waals surface area (Å²) in [7, 11) is 2.30. The van der Waals surface area contributed by atoms with Crippen molar-refractivity contribution < 1.29 is 28.0 Å². The summed E-state index contributed by atoms with van der Waals surface area (Å²) in [5, 5.41) is 10.7. The van der Waals surface area contributed by atoms with Crippen molar-refractivity contribution >= 4 is 11.7 Å². The fourth-order valence-corrected chi connectivity index (χ4v) is 1.36. The molecule has 0 spiro atoms. The van der Waals surface area contributed by atoms with Crippen LogP contribution in [0, 0.1) is 10.1 Å². The SMILES string of the molecule is COC(=O)Cc1nc(C(F)F)c([N+](=O)[O-])cc1OC. The minimum atomic E-state index is -3.14. The van der Waals surface area contributed by atoms with Gasteiger partial charge in [0.15, 0.2) is 5.69 Å². The van der Waals surface area contributed by atoms with Crippen molar-refractivity contribution in [2.24, 2.45) is 0 Å². The lowest BCUT2D eigenvalue weighted by atomic mass is 10.2. The summed E-state index contributed by atoms with van der Waals surface area (Å²) in [4.78, 5) is 24.2. The second kappa shape index (κ2) is 6.03. The smallest absolute Gasteiger partial charge is 0.311 e. The number of ether oxygens (including phenoxy) is 2. The molecule has 0 N–H and O–H groups in total. The number of halogens is 2. The quantitative estimate of drug-likeness (QED) is 0.461. The highest BCUT2D eigenvalue weighted by Gasteiger charge is 2.27. The van der Waals surface area contributed by atoms with E-state index in [0.717, 1.165) is 13.2 Å². The van der Waals surface area contributed by atoms with Crippen molar-refractivity contribution in [2.45, 2.75) is 12.8 Å². The molecule has 0 atom stereocenters. The molecule has 0 unspecified atom stereocenters. The minimum Gasteiger partial charge on any atom is -0.495 e. The van der Waals surface area contributed by atoms with Crippen LogP contribution in [0.3, 0.4) is 0 Å². The van der Waals surface area contributed by atoms with Crippen molar-refractivity contribution in [1.82, 2.24) is 4.98 Å². The standard InChI is InChI=1S/C10H10F2N2O5/c1-18-7-4-6(14(16)17)9(10(11)12)13-5(7)3-8(15)19-2/h4,10H,3H2,1-2H3. The van der Waals surface area contributed by atoms with E-state index >= 15 is 0 Å². The Balaban J connectivity index is 3.35. The fraction of sp³-hybridized carbons (Fsp3) is 0.400. The van der Waals surface area contributed by atoms with Gasteiger partial charge in [-0.05, 0) is 0 Å².